The zero-order valence-electron chi connectivity index (χ0n) is 11.0. The molecule has 0 aliphatic rings. The fraction of sp³-hybridized carbons (Fsp3) is 0.154. The maximum absolute atomic E-state index is 12.6. The predicted molar refractivity (Wildman–Crippen MR) is 83.1 cm³/mol. The van der Waals surface area contributed by atoms with Gasteiger partial charge in [0.25, 0.3) is 10.0 Å². The van der Waals surface area contributed by atoms with Crippen LogP contribution in [0.5, 0.6) is 0 Å². The molecule has 7 heteroatoms. The quantitative estimate of drug-likeness (QED) is 0.917. The Hall–Kier alpha value is -1.60. The Morgan fingerprint density at radius 3 is 2.45 bits per heavy atom. The van der Waals surface area contributed by atoms with E-state index in [1.54, 1.807) is 12.1 Å². The molecule has 0 bridgehead atoms. The molecule has 0 amide bonds. The molecule has 2 N–H and O–H groups in total. The van der Waals surface area contributed by atoms with Crippen LogP contribution in [-0.4, -0.2) is 20.4 Å². The molecule has 0 spiro atoms. The molecule has 106 valence electrons. The number of hydrogen-bond donors (Lipinski definition) is 1. The molecular weight excluding hydrogens is 342 g/mol. The Kier molecular flexibility index (Phi) is 4.01. The molecule has 0 fully saturated rings. The fourth-order valence-electron chi connectivity index (χ4n) is 1.68. The van der Waals surface area contributed by atoms with Gasteiger partial charge in [0, 0.05) is 17.7 Å². The Balaban J connectivity index is 2.49. The van der Waals surface area contributed by atoms with Crippen molar-refractivity contribution in [1.29, 1.82) is 0 Å². The molecule has 0 saturated heterocycles. The smallest absolute Gasteiger partial charge is 0.267 e. The molecule has 1 aromatic carbocycles. The molecule has 0 atom stereocenters. The van der Waals surface area contributed by atoms with E-state index in [9.17, 15) is 8.42 Å². The molecule has 0 aliphatic carbocycles. The van der Waals surface area contributed by atoms with E-state index in [1.165, 1.54) is 23.6 Å². The van der Waals surface area contributed by atoms with E-state index in [1.807, 2.05) is 19.1 Å². The van der Waals surface area contributed by atoms with Crippen molar-refractivity contribution < 1.29 is 8.42 Å². The lowest BCUT2D eigenvalue weighted by Gasteiger charge is -2.20. The maximum atomic E-state index is 12.6. The van der Waals surface area contributed by atoms with Crippen molar-refractivity contribution in [2.75, 3.05) is 17.1 Å². The van der Waals surface area contributed by atoms with Gasteiger partial charge in [-0.05, 0) is 41.1 Å². The lowest BCUT2D eigenvalue weighted by atomic mass is 10.2. The molecule has 2 aromatic rings. The summed E-state index contributed by atoms with van der Waals surface area (Å²) in [6.45, 7) is 1.94. The summed E-state index contributed by atoms with van der Waals surface area (Å²) < 4.78 is 26.9. The first-order valence-corrected chi connectivity index (χ1v) is 8.02. The van der Waals surface area contributed by atoms with Gasteiger partial charge in [0.05, 0.1) is 5.69 Å². The van der Waals surface area contributed by atoms with Gasteiger partial charge < -0.3 is 5.73 Å². The van der Waals surface area contributed by atoms with Crippen LogP contribution in [0.25, 0.3) is 0 Å². The Morgan fingerprint density at radius 2 is 1.85 bits per heavy atom. The lowest BCUT2D eigenvalue weighted by molar-refractivity contribution is 0.594. The third-order valence-corrected chi connectivity index (χ3v) is 5.13. The van der Waals surface area contributed by atoms with E-state index in [0.29, 0.717) is 10.2 Å². The number of sulfonamides is 1. The highest BCUT2D eigenvalue weighted by Crippen LogP contribution is 2.27. The number of nitrogen functional groups attached to an aromatic ring is 1. The number of rotatable bonds is 3. The van der Waals surface area contributed by atoms with Crippen LogP contribution in [0.1, 0.15) is 5.56 Å². The summed E-state index contributed by atoms with van der Waals surface area (Å²) in [6, 6.07) is 8.64. The average molecular weight is 356 g/mol. The van der Waals surface area contributed by atoms with Crippen molar-refractivity contribution in [3.05, 3.63) is 46.6 Å². The van der Waals surface area contributed by atoms with Crippen LogP contribution in [0, 0.1) is 6.92 Å². The van der Waals surface area contributed by atoms with Crippen molar-refractivity contribution in [1.82, 2.24) is 4.98 Å². The summed E-state index contributed by atoms with van der Waals surface area (Å²) >= 11 is 3.20. The average Bonchev–Trinajstić information content (AvgIpc) is 2.41. The summed E-state index contributed by atoms with van der Waals surface area (Å²) in [6.07, 6.45) is 1.46. The third kappa shape index (κ3) is 2.78. The van der Waals surface area contributed by atoms with Crippen molar-refractivity contribution in [3.63, 3.8) is 0 Å². The highest BCUT2D eigenvalue weighted by molar-refractivity contribution is 9.10. The van der Waals surface area contributed by atoms with Crippen LogP contribution in [0.15, 0.2) is 45.9 Å². The van der Waals surface area contributed by atoms with Gasteiger partial charge in [-0.2, -0.15) is 0 Å². The predicted octanol–water partition coefficient (Wildman–Crippen LogP) is 2.56. The minimum Gasteiger partial charge on any atom is -0.383 e. The number of anilines is 2. The minimum atomic E-state index is -3.74. The minimum absolute atomic E-state index is 0.0186. The molecule has 2 rings (SSSR count). The van der Waals surface area contributed by atoms with Crippen LogP contribution in [0.4, 0.5) is 11.5 Å². The first kappa shape index (κ1) is 14.8. The van der Waals surface area contributed by atoms with E-state index >= 15 is 0 Å². The maximum Gasteiger partial charge on any atom is 0.267 e. The number of benzene rings is 1. The zero-order valence-corrected chi connectivity index (χ0v) is 13.4. The van der Waals surface area contributed by atoms with Gasteiger partial charge in [-0.3, -0.25) is 4.31 Å². The highest BCUT2D eigenvalue weighted by atomic mass is 79.9. The van der Waals surface area contributed by atoms with E-state index in [2.05, 4.69) is 20.9 Å². The second-order valence-electron chi connectivity index (χ2n) is 4.34. The molecule has 1 aromatic heterocycles. The van der Waals surface area contributed by atoms with Gasteiger partial charge in [-0.15, -0.1) is 0 Å². The van der Waals surface area contributed by atoms with Crippen LogP contribution < -0.4 is 10.0 Å². The van der Waals surface area contributed by atoms with E-state index in [-0.39, 0.29) is 10.7 Å². The zero-order chi connectivity index (χ0) is 14.9. The Bertz CT molecular complexity index is 730. The molecular formula is C13H14BrN3O2S. The van der Waals surface area contributed by atoms with Gasteiger partial charge in [-0.1, -0.05) is 17.7 Å². The Labute approximate surface area is 126 Å². The summed E-state index contributed by atoms with van der Waals surface area (Å²) in [5.74, 6) is -0.0211. The first-order valence-electron chi connectivity index (χ1n) is 5.79. The summed E-state index contributed by atoms with van der Waals surface area (Å²) in [4.78, 5) is 3.84. The second-order valence-corrected chi connectivity index (χ2v) is 7.20. The van der Waals surface area contributed by atoms with E-state index < -0.39 is 10.0 Å². The number of aromatic nitrogens is 1. The van der Waals surface area contributed by atoms with Crippen LogP contribution in [-0.2, 0) is 10.0 Å². The first-order chi connectivity index (χ1) is 9.32. The van der Waals surface area contributed by atoms with Crippen LogP contribution >= 0.6 is 15.9 Å². The van der Waals surface area contributed by atoms with Gasteiger partial charge >= 0.3 is 0 Å². The van der Waals surface area contributed by atoms with Crippen molar-refractivity contribution in [2.24, 2.45) is 0 Å². The lowest BCUT2D eigenvalue weighted by Crippen LogP contribution is -2.27. The molecule has 0 unspecified atom stereocenters. The number of nitrogens with zero attached hydrogens (tertiary/aromatic N) is 2. The molecule has 1 heterocycles. The number of pyridine rings is 1. The summed E-state index contributed by atoms with van der Waals surface area (Å²) in [5, 5.41) is 0. The summed E-state index contributed by atoms with van der Waals surface area (Å²) in [7, 11) is -2.26. The number of hydrogen-bond acceptors (Lipinski definition) is 4. The summed E-state index contributed by atoms with van der Waals surface area (Å²) in [5.41, 5.74) is 7.30. The largest absolute Gasteiger partial charge is 0.383 e. The number of aryl methyl sites for hydroxylation is 1. The molecule has 20 heavy (non-hydrogen) atoms. The number of halogens is 1. The molecule has 5 nitrogen and oxygen atoms in total. The fourth-order valence-corrected chi connectivity index (χ4v) is 3.45. The second kappa shape index (κ2) is 5.41. The monoisotopic (exact) mass is 355 g/mol. The molecule has 0 radical (unpaired) electrons. The van der Waals surface area contributed by atoms with Gasteiger partial charge in [-0.25, -0.2) is 13.4 Å². The van der Waals surface area contributed by atoms with Crippen molar-refractivity contribution in [3.8, 4) is 0 Å². The Morgan fingerprint density at radius 1 is 1.25 bits per heavy atom. The van der Waals surface area contributed by atoms with E-state index in [0.717, 1.165) is 5.56 Å². The van der Waals surface area contributed by atoms with Gasteiger partial charge in [0.2, 0.25) is 0 Å². The van der Waals surface area contributed by atoms with Crippen molar-refractivity contribution in [2.45, 2.75) is 11.8 Å². The van der Waals surface area contributed by atoms with Crippen molar-refractivity contribution >= 4 is 37.5 Å². The SMILES string of the molecule is Cc1ccc(N(C)S(=O)(=O)c2cc(Br)cnc2N)cc1. The highest BCUT2D eigenvalue weighted by Gasteiger charge is 2.24. The third-order valence-electron chi connectivity index (χ3n) is 2.88. The van der Waals surface area contributed by atoms with E-state index in [4.69, 9.17) is 5.73 Å². The molecule has 0 aliphatic heterocycles. The normalized spacial score (nSPS) is 11.3. The van der Waals surface area contributed by atoms with Gasteiger partial charge in [0.15, 0.2) is 0 Å². The van der Waals surface area contributed by atoms with Crippen LogP contribution in [0.3, 0.4) is 0 Å². The topological polar surface area (TPSA) is 76.3 Å². The number of nitrogens with two attached hydrogens (primary N) is 1. The van der Waals surface area contributed by atoms with Crippen LogP contribution in [0.2, 0.25) is 0 Å². The molecule has 0 saturated carbocycles. The standard InChI is InChI=1S/C13H14BrN3O2S/c1-9-3-5-11(6-4-9)17(2)20(18,19)12-7-10(14)8-16-13(12)15/h3-8H,1-2H3,(H2,15,16). The van der Waals surface area contributed by atoms with Gasteiger partial charge in [0.1, 0.15) is 10.7 Å².